The molecule has 42 heavy (non-hydrogen) atoms. The third kappa shape index (κ3) is 8.82. The number of benzene rings is 3. The number of nitrogens with zero attached hydrogens (tertiary/aromatic N) is 1. The fraction of sp³-hybridized carbons (Fsp3) is 0.265. The Kier molecular flexibility index (Phi) is 12.9. The van der Waals surface area contributed by atoms with E-state index in [9.17, 15) is 9.59 Å². The highest BCUT2D eigenvalue weighted by atomic mass is 35.5. The van der Waals surface area contributed by atoms with Crippen LogP contribution < -0.4 is 10.6 Å². The van der Waals surface area contributed by atoms with Gasteiger partial charge >= 0.3 is 0 Å². The van der Waals surface area contributed by atoms with E-state index in [1.807, 2.05) is 107 Å². The topological polar surface area (TPSA) is 100 Å². The summed E-state index contributed by atoms with van der Waals surface area (Å²) in [5.41, 5.74) is 4.49. The van der Waals surface area contributed by atoms with Crippen LogP contribution in [0, 0.1) is 0 Å². The summed E-state index contributed by atoms with van der Waals surface area (Å²) in [7, 11) is 0. The molecule has 0 fully saturated rings. The molecule has 0 aliphatic rings. The van der Waals surface area contributed by atoms with E-state index in [0.29, 0.717) is 24.4 Å². The van der Waals surface area contributed by atoms with Crippen molar-refractivity contribution in [3.05, 3.63) is 113 Å². The lowest BCUT2D eigenvalue weighted by Gasteiger charge is -2.17. The molecule has 7 nitrogen and oxygen atoms in total. The second-order valence-corrected chi connectivity index (χ2v) is 9.34. The van der Waals surface area contributed by atoms with Crippen LogP contribution in [0.4, 0.5) is 0 Å². The lowest BCUT2D eigenvalue weighted by atomic mass is 10.0. The van der Waals surface area contributed by atoms with Gasteiger partial charge in [-0.25, -0.2) is 4.98 Å². The molecule has 3 N–H and O–H groups in total. The molecule has 2 aromatic heterocycles. The Labute approximate surface area is 252 Å². The average Bonchev–Trinajstić information content (AvgIpc) is 3.69. The van der Waals surface area contributed by atoms with Crippen LogP contribution in [0.25, 0.3) is 22.2 Å². The van der Waals surface area contributed by atoms with Crippen molar-refractivity contribution in [3.8, 4) is 11.1 Å². The molecule has 5 rings (SSSR count). The van der Waals surface area contributed by atoms with Crippen LogP contribution in [0.2, 0.25) is 5.22 Å². The Balaban J connectivity index is 0.00000116. The molecule has 1 unspecified atom stereocenters. The monoisotopic (exact) mass is 586 g/mol. The first kappa shape index (κ1) is 32.2. The van der Waals surface area contributed by atoms with Gasteiger partial charge in [0.15, 0.2) is 11.0 Å². The van der Waals surface area contributed by atoms with Crippen molar-refractivity contribution in [1.29, 1.82) is 0 Å². The minimum Gasteiger partial charge on any atom is -0.440 e. The Morgan fingerprint density at radius 1 is 0.810 bits per heavy atom. The van der Waals surface area contributed by atoms with Crippen molar-refractivity contribution < 1.29 is 14.0 Å². The number of unbranched alkanes of at least 4 members (excludes halogenated alkanes) is 1. The van der Waals surface area contributed by atoms with Gasteiger partial charge in [-0.05, 0) is 78.4 Å². The van der Waals surface area contributed by atoms with E-state index >= 15 is 0 Å². The molecular formula is C34H39ClN4O3. The van der Waals surface area contributed by atoms with E-state index in [1.54, 1.807) is 0 Å². The molecule has 3 aromatic carbocycles. The van der Waals surface area contributed by atoms with E-state index in [2.05, 4.69) is 15.6 Å². The summed E-state index contributed by atoms with van der Waals surface area (Å²) in [6, 6.07) is 28.2. The van der Waals surface area contributed by atoms with Gasteiger partial charge in [-0.2, -0.15) is 0 Å². The first-order valence-electron chi connectivity index (χ1n) is 14.5. The minimum absolute atomic E-state index is 0.168. The average molecular weight is 587 g/mol. The molecule has 0 aliphatic heterocycles. The molecule has 5 aromatic rings. The second-order valence-electron chi connectivity index (χ2n) is 8.96. The summed E-state index contributed by atoms with van der Waals surface area (Å²) in [6.07, 6.45) is 2.13. The van der Waals surface area contributed by atoms with Crippen molar-refractivity contribution in [3.63, 3.8) is 0 Å². The zero-order valence-corrected chi connectivity index (χ0v) is 25.4. The first-order chi connectivity index (χ1) is 20.6. The summed E-state index contributed by atoms with van der Waals surface area (Å²) in [6.45, 7) is 8.47. The van der Waals surface area contributed by atoms with Crippen molar-refractivity contribution in [2.24, 2.45) is 0 Å². The number of hydrogen-bond acceptors (Lipinski definition) is 4. The Morgan fingerprint density at radius 3 is 2.14 bits per heavy atom. The molecule has 8 heteroatoms. The largest absolute Gasteiger partial charge is 0.440 e. The maximum Gasteiger partial charge on any atom is 0.287 e. The number of amides is 2. The van der Waals surface area contributed by atoms with Gasteiger partial charge in [0.05, 0.1) is 17.1 Å². The summed E-state index contributed by atoms with van der Waals surface area (Å²) >= 11 is 5.74. The molecule has 1 atom stereocenters. The van der Waals surface area contributed by atoms with Crippen LogP contribution >= 0.6 is 11.6 Å². The summed E-state index contributed by atoms with van der Waals surface area (Å²) < 4.78 is 5.14. The third-order valence-corrected chi connectivity index (χ3v) is 6.50. The van der Waals surface area contributed by atoms with Crippen molar-refractivity contribution in [2.75, 3.05) is 6.54 Å². The van der Waals surface area contributed by atoms with E-state index in [0.717, 1.165) is 35.0 Å². The van der Waals surface area contributed by atoms with Crippen LogP contribution in [-0.2, 0) is 0 Å². The highest BCUT2D eigenvalue weighted by Gasteiger charge is 2.19. The molecule has 0 spiro atoms. The van der Waals surface area contributed by atoms with Crippen LogP contribution in [0.1, 0.15) is 79.7 Å². The number of halogens is 1. The first-order valence-corrected chi connectivity index (χ1v) is 14.9. The van der Waals surface area contributed by atoms with E-state index in [4.69, 9.17) is 21.0 Å². The number of aromatic nitrogens is 2. The number of hydrogen-bond donors (Lipinski definition) is 3. The molecule has 0 saturated heterocycles. The summed E-state index contributed by atoms with van der Waals surface area (Å²) in [5, 5.41) is 6.15. The highest BCUT2D eigenvalue weighted by Crippen LogP contribution is 2.23. The zero-order chi connectivity index (χ0) is 30.3. The summed E-state index contributed by atoms with van der Waals surface area (Å²) in [4.78, 5) is 33.4. The van der Waals surface area contributed by atoms with Gasteiger partial charge in [0.25, 0.3) is 11.8 Å². The van der Waals surface area contributed by atoms with E-state index < -0.39 is 0 Å². The second kappa shape index (κ2) is 16.8. The lowest BCUT2D eigenvalue weighted by Crippen LogP contribution is -2.29. The molecular weight excluding hydrogens is 548 g/mol. The number of nitrogens with one attached hydrogen (secondary N) is 3. The smallest absolute Gasteiger partial charge is 0.287 e. The maximum atomic E-state index is 13.2. The quantitative estimate of drug-likeness (QED) is 0.143. The predicted octanol–water partition coefficient (Wildman–Crippen LogP) is 8.60. The SMILES string of the molecule is CC.CC.O=C(NC(CCCCNC(=O)c1ccc(Cl)o1)c1nc2ccccc2[nH]1)c1ccc(-c2ccccc2)cc1. The van der Waals surface area contributed by atoms with Gasteiger partial charge in [0.2, 0.25) is 0 Å². The van der Waals surface area contributed by atoms with Crippen LogP contribution in [-0.4, -0.2) is 28.3 Å². The number of aromatic amines is 1. The fourth-order valence-corrected chi connectivity index (χ4v) is 4.45. The Hall–Kier alpha value is -4.36. The Morgan fingerprint density at radius 2 is 1.48 bits per heavy atom. The fourth-order valence-electron chi connectivity index (χ4n) is 4.30. The zero-order valence-electron chi connectivity index (χ0n) is 24.6. The molecule has 0 radical (unpaired) electrons. The number of H-pyrrole nitrogens is 1. The van der Waals surface area contributed by atoms with Gasteiger partial charge < -0.3 is 20.0 Å². The van der Waals surface area contributed by atoms with Crippen molar-refractivity contribution in [2.45, 2.75) is 53.0 Å². The van der Waals surface area contributed by atoms with Crippen molar-refractivity contribution in [1.82, 2.24) is 20.6 Å². The van der Waals surface area contributed by atoms with Gasteiger partial charge in [-0.3, -0.25) is 9.59 Å². The number of imidazole rings is 1. The van der Waals surface area contributed by atoms with Crippen LogP contribution in [0.5, 0.6) is 0 Å². The normalized spacial score (nSPS) is 11.0. The molecule has 2 heterocycles. The van der Waals surface area contributed by atoms with Crippen LogP contribution in [0.3, 0.4) is 0 Å². The van der Waals surface area contributed by atoms with Gasteiger partial charge in [0.1, 0.15) is 5.82 Å². The third-order valence-electron chi connectivity index (χ3n) is 6.30. The number of furan rings is 1. The standard InChI is InChI=1S/C30H27ClN4O3.2C2H6/c31-27-18-17-26(38-27)30(37)32-19-7-6-12-25(28-33-23-10-4-5-11-24(23)34-28)35-29(36)22-15-13-21(14-16-22)20-8-2-1-3-9-20;2*1-2/h1-5,8-11,13-18,25H,6-7,12,19H2,(H,32,37)(H,33,34)(H,35,36);2*1-2H3. The molecule has 0 saturated carbocycles. The number of para-hydroxylation sites is 2. The minimum atomic E-state index is -0.316. The number of carbonyl (C=O) groups is 2. The lowest BCUT2D eigenvalue weighted by molar-refractivity contribution is 0.0924. The number of fused-ring (bicyclic) bond motifs is 1. The van der Waals surface area contributed by atoms with Gasteiger partial charge in [-0.15, -0.1) is 0 Å². The van der Waals surface area contributed by atoms with Gasteiger partial charge in [-0.1, -0.05) is 82.3 Å². The summed E-state index contributed by atoms with van der Waals surface area (Å²) in [5.74, 6) is 0.409. The maximum absolute atomic E-state index is 13.2. The van der Waals surface area contributed by atoms with E-state index in [-0.39, 0.29) is 28.8 Å². The van der Waals surface area contributed by atoms with Crippen LogP contribution in [0.15, 0.2) is 95.4 Å². The molecule has 220 valence electrons. The molecule has 2 amide bonds. The molecule has 0 bridgehead atoms. The number of rotatable bonds is 10. The Bertz CT molecular complexity index is 1490. The number of carbonyl (C=O) groups excluding carboxylic acids is 2. The molecule has 0 aliphatic carbocycles. The van der Waals surface area contributed by atoms with E-state index in [1.165, 1.54) is 12.1 Å². The highest BCUT2D eigenvalue weighted by molar-refractivity contribution is 6.29. The predicted molar refractivity (Wildman–Crippen MR) is 171 cm³/mol. The van der Waals surface area contributed by atoms with Gasteiger partial charge in [0, 0.05) is 12.1 Å². The van der Waals surface area contributed by atoms with Crippen molar-refractivity contribution >= 4 is 34.4 Å².